The Bertz CT molecular complexity index is 1840. The monoisotopic (exact) mass is 608 g/mol. The maximum atomic E-state index is 15.0. The van der Waals surface area contributed by atoms with Gasteiger partial charge in [-0.2, -0.15) is 0 Å². The molecule has 8 heteroatoms. The van der Waals surface area contributed by atoms with Crippen molar-refractivity contribution in [3.63, 3.8) is 0 Å². The lowest BCUT2D eigenvalue weighted by Crippen LogP contribution is -2.51. The number of aryl methyl sites for hydroxylation is 2. The molecule has 0 radical (unpaired) electrons. The Morgan fingerprint density at radius 2 is 1.19 bits per heavy atom. The third-order valence-corrected chi connectivity index (χ3v) is 9.62. The summed E-state index contributed by atoms with van der Waals surface area (Å²) in [5.41, 5.74) is 3.14. The van der Waals surface area contributed by atoms with Crippen molar-refractivity contribution < 1.29 is 19.2 Å². The molecule has 1 aliphatic carbocycles. The van der Waals surface area contributed by atoms with Crippen LogP contribution in [-0.4, -0.2) is 23.6 Å². The van der Waals surface area contributed by atoms with E-state index < -0.39 is 46.8 Å². The van der Waals surface area contributed by atoms with Crippen molar-refractivity contribution in [1.82, 2.24) is 0 Å². The Morgan fingerprint density at radius 1 is 0.628 bits per heavy atom. The Morgan fingerprint density at radius 3 is 1.79 bits per heavy atom. The quantitative estimate of drug-likeness (QED) is 0.239. The van der Waals surface area contributed by atoms with Crippen molar-refractivity contribution in [3.05, 3.63) is 129 Å². The van der Waals surface area contributed by atoms with E-state index in [-0.39, 0.29) is 6.42 Å². The first kappa shape index (κ1) is 27.6. The molecule has 0 spiro atoms. The van der Waals surface area contributed by atoms with Crippen molar-refractivity contribution in [2.24, 2.45) is 11.3 Å². The number of hydrogen-bond acceptors (Lipinski definition) is 4. The number of nitrogens with zero attached hydrogens (tertiary/aromatic N) is 2. The number of benzene rings is 4. The maximum Gasteiger partial charge on any atom is 0.242 e. The van der Waals surface area contributed by atoms with Gasteiger partial charge in [0.15, 0.2) is 0 Å². The van der Waals surface area contributed by atoms with Gasteiger partial charge in [-0.05, 0) is 85.5 Å². The molecule has 2 saturated heterocycles. The molecule has 6 nitrogen and oxygen atoms in total. The average Bonchev–Trinajstić information content (AvgIpc) is 3.38. The highest BCUT2D eigenvalue weighted by Crippen LogP contribution is 2.63. The van der Waals surface area contributed by atoms with E-state index in [0.29, 0.717) is 32.5 Å². The molecule has 4 atom stereocenters. The largest absolute Gasteiger partial charge is 0.274 e. The molecule has 4 amide bonds. The number of imide groups is 2. The van der Waals surface area contributed by atoms with Crippen molar-refractivity contribution in [2.45, 2.75) is 32.1 Å². The number of hydrogen-bond donors (Lipinski definition) is 0. The van der Waals surface area contributed by atoms with Gasteiger partial charge < -0.3 is 0 Å². The Balaban J connectivity index is 1.50. The van der Waals surface area contributed by atoms with Crippen LogP contribution < -0.4 is 9.80 Å². The third kappa shape index (κ3) is 4.00. The van der Waals surface area contributed by atoms with Gasteiger partial charge in [0.1, 0.15) is 0 Å². The summed E-state index contributed by atoms with van der Waals surface area (Å²) in [5.74, 6) is -4.86. The summed E-state index contributed by atoms with van der Waals surface area (Å²) in [7, 11) is 0. The van der Waals surface area contributed by atoms with Gasteiger partial charge in [-0.25, -0.2) is 9.80 Å². The van der Waals surface area contributed by atoms with Gasteiger partial charge in [-0.1, -0.05) is 76.8 Å². The van der Waals surface area contributed by atoms with E-state index in [2.05, 4.69) is 0 Å². The second-order valence-electron chi connectivity index (χ2n) is 11.7. The van der Waals surface area contributed by atoms with Crippen LogP contribution in [0.5, 0.6) is 0 Å². The summed E-state index contributed by atoms with van der Waals surface area (Å²) in [6.07, 6.45) is 0.106. The first-order valence-electron chi connectivity index (χ1n) is 14.0. The third-order valence-electron chi connectivity index (χ3n) is 9.12. The summed E-state index contributed by atoms with van der Waals surface area (Å²) >= 11 is 12.3. The van der Waals surface area contributed by atoms with Crippen molar-refractivity contribution in [1.29, 1.82) is 0 Å². The van der Waals surface area contributed by atoms with Crippen LogP contribution in [0.15, 0.2) is 91.0 Å². The maximum absolute atomic E-state index is 15.0. The minimum Gasteiger partial charge on any atom is -0.274 e. The molecule has 0 N–H and O–H groups in total. The van der Waals surface area contributed by atoms with E-state index in [4.69, 9.17) is 23.2 Å². The van der Waals surface area contributed by atoms with Crippen LogP contribution in [0, 0.1) is 25.2 Å². The zero-order valence-corrected chi connectivity index (χ0v) is 24.9. The van der Waals surface area contributed by atoms with Crippen LogP contribution in [0.3, 0.4) is 0 Å². The van der Waals surface area contributed by atoms with Gasteiger partial charge in [-0.3, -0.25) is 19.2 Å². The molecule has 0 aromatic heterocycles. The highest BCUT2D eigenvalue weighted by atomic mass is 35.5. The summed E-state index contributed by atoms with van der Waals surface area (Å²) in [5, 5.41) is 0.929. The summed E-state index contributed by atoms with van der Waals surface area (Å²) < 4.78 is 0. The van der Waals surface area contributed by atoms with Crippen LogP contribution in [0.1, 0.15) is 39.7 Å². The minimum absolute atomic E-state index is 0.106. The molecule has 7 rings (SSSR count). The summed E-state index contributed by atoms with van der Waals surface area (Å²) in [4.78, 5) is 60.9. The fourth-order valence-electron chi connectivity index (χ4n) is 7.24. The lowest BCUT2D eigenvalue weighted by atomic mass is 9.54. The minimum atomic E-state index is -1.55. The Kier molecular flexibility index (Phi) is 6.35. The molecule has 4 aromatic rings. The van der Waals surface area contributed by atoms with E-state index in [1.54, 1.807) is 48.5 Å². The number of rotatable bonds is 4. The molecule has 43 heavy (non-hydrogen) atoms. The number of carbonyl (C=O) groups is 4. The molecule has 0 bridgehead atoms. The number of fused-ring (bicyclic) bond motifs is 6. The average molecular weight is 610 g/mol. The van der Waals surface area contributed by atoms with E-state index >= 15 is 0 Å². The Labute approximate surface area is 258 Å². The molecule has 214 valence electrons. The van der Waals surface area contributed by atoms with E-state index in [1.165, 1.54) is 4.90 Å². The lowest BCUT2D eigenvalue weighted by molar-refractivity contribution is -0.138. The SMILES string of the molecule is Cc1ccc(C[C@]23C(=O)N(c4ccc(Cl)cc4)C(=O)[C@@H]2c2cc(C)ccc2[C@H]2C(=O)N(c4ccc(Cl)cc4)C(=O)[C@@H]23)cc1. The van der Waals surface area contributed by atoms with Crippen LogP contribution in [0.4, 0.5) is 11.4 Å². The normalized spacial score (nSPS) is 24.3. The smallest absolute Gasteiger partial charge is 0.242 e. The molecule has 0 saturated carbocycles. The fraction of sp³-hybridized carbons (Fsp3) is 0.200. The van der Waals surface area contributed by atoms with E-state index in [9.17, 15) is 19.2 Å². The van der Waals surface area contributed by atoms with Crippen molar-refractivity contribution in [3.8, 4) is 0 Å². The first-order valence-corrected chi connectivity index (χ1v) is 14.8. The predicted octanol–water partition coefficient (Wildman–Crippen LogP) is 6.78. The van der Waals surface area contributed by atoms with Gasteiger partial charge >= 0.3 is 0 Å². The van der Waals surface area contributed by atoms with Crippen LogP contribution in [-0.2, 0) is 25.6 Å². The number of amides is 4. The first-order chi connectivity index (χ1) is 20.6. The molecule has 4 aromatic carbocycles. The molecule has 3 aliphatic rings. The number of anilines is 2. The summed E-state index contributed by atoms with van der Waals surface area (Å²) in [6.45, 7) is 3.88. The number of halogens is 2. The van der Waals surface area contributed by atoms with E-state index in [0.717, 1.165) is 21.6 Å². The highest BCUT2D eigenvalue weighted by Gasteiger charge is 2.73. The van der Waals surface area contributed by atoms with Gasteiger partial charge in [0, 0.05) is 10.0 Å². The van der Waals surface area contributed by atoms with Crippen LogP contribution in [0.25, 0.3) is 0 Å². The van der Waals surface area contributed by atoms with Crippen molar-refractivity contribution in [2.75, 3.05) is 9.80 Å². The standard InChI is InChI=1S/C35H26Cl2N2O4/c1-19-3-6-21(7-4-19)18-35-29(32(41)39(34(35)43)25-14-10-23(37)11-15-25)27-17-20(2)5-16-26(27)28-30(35)33(42)38(31(28)40)24-12-8-22(36)9-13-24/h3-17,28-30H,18H2,1-2H3/t28-,29+,30-,35+/m1/s1. The van der Waals surface area contributed by atoms with Gasteiger partial charge in [0.05, 0.1) is 34.5 Å². The zero-order valence-electron chi connectivity index (χ0n) is 23.4. The second kappa shape index (κ2) is 9.90. The molecule has 2 aliphatic heterocycles. The second-order valence-corrected chi connectivity index (χ2v) is 12.5. The Hall–Kier alpha value is -4.26. The fourth-order valence-corrected chi connectivity index (χ4v) is 7.50. The summed E-state index contributed by atoms with van der Waals surface area (Å²) in [6, 6.07) is 26.3. The van der Waals surface area contributed by atoms with Crippen LogP contribution in [0.2, 0.25) is 10.0 Å². The molecular formula is C35H26Cl2N2O4. The molecule has 2 fully saturated rings. The molecule has 0 unspecified atom stereocenters. The predicted molar refractivity (Wildman–Crippen MR) is 165 cm³/mol. The molecular weight excluding hydrogens is 583 g/mol. The number of carbonyl (C=O) groups excluding carboxylic acids is 4. The van der Waals surface area contributed by atoms with Crippen LogP contribution >= 0.6 is 23.2 Å². The van der Waals surface area contributed by atoms with Gasteiger partial charge in [0.25, 0.3) is 0 Å². The van der Waals surface area contributed by atoms with Gasteiger partial charge in [0.2, 0.25) is 23.6 Å². The van der Waals surface area contributed by atoms with Crippen molar-refractivity contribution >= 4 is 58.2 Å². The molecule has 2 heterocycles. The van der Waals surface area contributed by atoms with E-state index in [1.807, 2.05) is 56.3 Å². The topological polar surface area (TPSA) is 74.8 Å². The zero-order chi connectivity index (χ0) is 30.2. The highest BCUT2D eigenvalue weighted by molar-refractivity contribution is 6.33. The lowest BCUT2D eigenvalue weighted by Gasteiger charge is -2.43. The van der Waals surface area contributed by atoms with Gasteiger partial charge in [-0.15, -0.1) is 0 Å².